The molecule has 156 valence electrons. The van der Waals surface area contributed by atoms with Crippen molar-refractivity contribution in [2.75, 3.05) is 18.1 Å². The molecule has 1 aliphatic carbocycles. The molecule has 30 heavy (non-hydrogen) atoms. The third-order valence-electron chi connectivity index (χ3n) is 6.24. The van der Waals surface area contributed by atoms with Gasteiger partial charge >= 0.3 is 5.97 Å². The number of anilines is 1. The van der Waals surface area contributed by atoms with Crippen molar-refractivity contribution in [3.8, 4) is 0 Å². The number of hydrogen-bond donors (Lipinski definition) is 0. The van der Waals surface area contributed by atoms with E-state index in [2.05, 4.69) is 0 Å². The minimum absolute atomic E-state index is 0.0957. The minimum Gasteiger partial charge on any atom is -0.452 e. The molecule has 0 bridgehead atoms. The molecule has 0 unspecified atom stereocenters. The van der Waals surface area contributed by atoms with Crippen molar-refractivity contribution in [1.82, 2.24) is 9.80 Å². The number of carbonyl (C=O) groups excluding carboxylic acids is 5. The van der Waals surface area contributed by atoms with Gasteiger partial charge in [-0.2, -0.15) is 0 Å². The zero-order valence-corrected chi connectivity index (χ0v) is 16.3. The Kier molecular flexibility index (Phi) is 4.16. The molecule has 4 amide bonds. The van der Waals surface area contributed by atoms with E-state index < -0.39 is 24.1 Å². The number of amides is 4. The van der Waals surface area contributed by atoms with Gasteiger partial charge in [0.05, 0.1) is 11.3 Å². The number of esters is 1. The largest absolute Gasteiger partial charge is 0.452 e. The Morgan fingerprint density at radius 3 is 2.53 bits per heavy atom. The van der Waals surface area contributed by atoms with Crippen LogP contribution in [-0.2, 0) is 23.9 Å². The predicted octanol–water partition coefficient (Wildman–Crippen LogP) is 0.820. The first-order valence-corrected chi connectivity index (χ1v) is 10.2. The SMILES string of the molecule is O=C1CCCN1C(=O)COC(=O)[C@]12CCC(=O)N1c1ccccc1C(=O)N2C1CC1. The molecule has 3 heterocycles. The first-order valence-electron chi connectivity index (χ1n) is 10.2. The second kappa shape index (κ2) is 6.65. The smallest absolute Gasteiger partial charge is 0.354 e. The van der Waals surface area contributed by atoms with Crippen LogP contribution in [0.4, 0.5) is 5.69 Å². The number of benzene rings is 1. The third kappa shape index (κ3) is 2.57. The van der Waals surface area contributed by atoms with E-state index in [-0.39, 0.29) is 36.6 Å². The quantitative estimate of drug-likeness (QED) is 0.680. The van der Waals surface area contributed by atoms with Gasteiger partial charge in [0.1, 0.15) is 0 Å². The fourth-order valence-corrected chi connectivity index (χ4v) is 4.75. The van der Waals surface area contributed by atoms with E-state index in [0.29, 0.717) is 30.6 Å². The monoisotopic (exact) mass is 411 g/mol. The van der Waals surface area contributed by atoms with E-state index in [1.54, 1.807) is 24.3 Å². The summed E-state index contributed by atoms with van der Waals surface area (Å²) in [5.41, 5.74) is -0.819. The van der Waals surface area contributed by atoms with Gasteiger partial charge in [-0.05, 0) is 31.4 Å². The van der Waals surface area contributed by atoms with E-state index in [4.69, 9.17) is 4.74 Å². The zero-order valence-electron chi connectivity index (χ0n) is 16.3. The van der Waals surface area contributed by atoms with Gasteiger partial charge in [0.2, 0.25) is 17.5 Å². The van der Waals surface area contributed by atoms with Crippen LogP contribution in [-0.4, -0.2) is 64.3 Å². The number of para-hydroxylation sites is 1. The molecule has 9 heteroatoms. The molecule has 3 aliphatic heterocycles. The van der Waals surface area contributed by atoms with Gasteiger partial charge in [-0.3, -0.25) is 29.0 Å². The highest BCUT2D eigenvalue weighted by Crippen LogP contribution is 2.49. The number of ether oxygens (including phenoxy) is 1. The number of likely N-dealkylation sites (tertiary alicyclic amines) is 1. The highest BCUT2D eigenvalue weighted by atomic mass is 16.5. The summed E-state index contributed by atoms with van der Waals surface area (Å²) < 4.78 is 5.36. The standard InChI is InChI=1S/C21H21N3O6/c25-16-6-3-11-22(16)18(27)12-30-20(29)21-10-9-17(26)24(21)15-5-2-1-4-14(15)19(28)23(21)13-7-8-13/h1-2,4-5,13H,3,6-12H2/t21-/m0/s1. The summed E-state index contributed by atoms with van der Waals surface area (Å²) in [6.45, 7) is -0.284. The molecule has 0 N–H and O–H groups in total. The molecule has 3 fully saturated rings. The van der Waals surface area contributed by atoms with Crippen molar-refractivity contribution in [2.24, 2.45) is 0 Å². The van der Waals surface area contributed by atoms with Crippen LogP contribution in [0, 0.1) is 0 Å². The highest BCUT2D eigenvalue weighted by molar-refractivity contribution is 6.16. The average Bonchev–Trinajstić information content (AvgIpc) is 3.38. The van der Waals surface area contributed by atoms with Crippen LogP contribution in [0.2, 0.25) is 0 Å². The van der Waals surface area contributed by atoms with Crippen molar-refractivity contribution in [2.45, 2.75) is 50.2 Å². The van der Waals surface area contributed by atoms with Gasteiger partial charge in [0.15, 0.2) is 6.61 Å². The van der Waals surface area contributed by atoms with Gasteiger partial charge in [-0.25, -0.2) is 4.79 Å². The molecule has 2 saturated heterocycles. The van der Waals surface area contributed by atoms with E-state index in [1.807, 2.05) is 0 Å². The van der Waals surface area contributed by atoms with E-state index >= 15 is 0 Å². The molecular formula is C21H21N3O6. The lowest BCUT2D eigenvalue weighted by atomic mass is 9.96. The van der Waals surface area contributed by atoms with Crippen LogP contribution in [0.5, 0.6) is 0 Å². The molecule has 0 aromatic heterocycles. The van der Waals surface area contributed by atoms with Gasteiger partial charge in [-0.1, -0.05) is 12.1 Å². The number of rotatable bonds is 4. The summed E-state index contributed by atoms with van der Waals surface area (Å²) in [5, 5.41) is 0. The van der Waals surface area contributed by atoms with Crippen LogP contribution in [0.15, 0.2) is 24.3 Å². The first kappa shape index (κ1) is 18.8. The fraction of sp³-hybridized carbons (Fsp3) is 0.476. The summed E-state index contributed by atoms with van der Waals surface area (Å²) in [4.78, 5) is 67.6. The maximum atomic E-state index is 13.4. The van der Waals surface area contributed by atoms with Gasteiger partial charge in [-0.15, -0.1) is 0 Å². The topological polar surface area (TPSA) is 104 Å². The van der Waals surface area contributed by atoms with E-state index in [9.17, 15) is 24.0 Å². The summed E-state index contributed by atoms with van der Waals surface area (Å²) in [6.07, 6.45) is 2.58. The molecule has 0 spiro atoms. The Labute approximate surface area is 172 Å². The summed E-state index contributed by atoms with van der Waals surface area (Å²) >= 11 is 0. The number of fused-ring (bicyclic) bond motifs is 3. The lowest BCUT2D eigenvalue weighted by Gasteiger charge is -2.48. The van der Waals surface area contributed by atoms with Crippen molar-refractivity contribution < 1.29 is 28.7 Å². The second-order valence-corrected chi connectivity index (χ2v) is 8.09. The minimum atomic E-state index is -1.58. The molecule has 1 atom stereocenters. The maximum Gasteiger partial charge on any atom is 0.354 e. The molecule has 5 rings (SSSR count). The lowest BCUT2D eigenvalue weighted by Crippen LogP contribution is -2.69. The van der Waals surface area contributed by atoms with E-state index in [1.165, 1.54) is 9.80 Å². The van der Waals surface area contributed by atoms with Gasteiger partial charge in [0.25, 0.3) is 11.8 Å². The molecule has 1 aromatic carbocycles. The normalized spacial score (nSPS) is 25.5. The highest BCUT2D eigenvalue weighted by Gasteiger charge is 2.64. The molecule has 1 aromatic rings. The Bertz CT molecular complexity index is 987. The second-order valence-electron chi connectivity index (χ2n) is 8.09. The molecule has 9 nitrogen and oxygen atoms in total. The van der Waals surface area contributed by atoms with Gasteiger partial charge < -0.3 is 9.64 Å². The Balaban J connectivity index is 1.48. The Morgan fingerprint density at radius 1 is 1.07 bits per heavy atom. The van der Waals surface area contributed by atoms with Crippen molar-refractivity contribution in [3.05, 3.63) is 29.8 Å². The van der Waals surface area contributed by atoms with Crippen molar-refractivity contribution >= 4 is 35.3 Å². The van der Waals surface area contributed by atoms with Crippen LogP contribution < -0.4 is 4.90 Å². The molecular weight excluding hydrogens is 390 g/mol. The van der Waals surface area contributed by atoms with Crippen LogP contribution in [0.1, 0.15) is 48.9 Å². The maximum absolute atomic E-state index is 13.4. The molecule has 1 saturated carbocycles. The van der Waals surface area contributed by atoms with Crippen LogP contribution in [0.25, 0.3) is 0 Å². The van der Waals surface area contributed by atoms with Crippen molar-refractivity contribution in [3.63, 3.8) is 0 Å². The van der Waals surface area contributed by atoms with E-state index in [0.717, 1.165) is 17.7 Å². The number of carbonyl (C=O) groups is 5. The van der Waals surface area contributed by atoms with Crippen LogP contribution in [0.3, 0.4) is 0 Å². The summed E-state index contributed by atoms with van der Waals surface area (Å²) in [5.74, 6) is -2.24. The average molecular weight is 411 g/mol. The van der Waals surface area contributed by atoms with Crippen LogP contribution >= 0.6 is 0 Å². The molecule has 0 radical (unpaired) electrons. The first-order chi connectivity index (χ1) is 14.4. The Morgan fingerprint density at radius 2 is 1.83 bits per heavy atom. The lowest BCUT2D eigenvalue weighted by molar-refractivity contribution is -0.163. The summed E-state index contributed by atoms with van der Waals surface area (Å²) in [6, 6.07) is 6.58. The van der Waals surface area contributed by atoms with Crippen molar-refractivity contribution in [1.29, 1.82) is 0 Å². The fourth-order valence-electron chi connectivity index (χ4n) is 4.75. The number of nitrogens with zero attached hydrogens (tertiary/aromatic N) is 3. The molecule has 4 aliphatic rings. The zero-order chi connectivity index (χ0) is 21.0. The third-order valence-corrected chi connectivity index (χ3v) is 6.24. The Hall–Kier alpha value is -3.23. The van der Waals surface area contributed by atoms with Gasteiger partial charge in [0, 0.05) is 31.8 Å². The predicted molar refractivity (Wildman–Crippen MR) is 102 cm³/mol. The summed E-state index contributed by atoms with van der Waals surface area (Å²) in [7, 11) is 0. The number of imide groups is 1. The number of hydrogen-bond acceptors (Lipinski definition) is 6.